The van der Waals surface area contributed by atoms with Gasteiger partial charge in [0, 0.05) is 14.2 Å². The minimum atomic E-state index is -0.282. The molecule has 13 heavy (non-hydrogen) atoms. The van der Waals surface area contributed by atoms with Crippen LogP contribution in [0.15, 0.2) is 0 Å². The maximum Gasteiger partial charge on any atom is 0.159 e. The van der Waals surface area contributed by atoms with Crippen molar-refractivity contribution in [2.24, 2.45) is 0 Å². The van der Waals surface area contributed by atoms with E-state index in [4.69, 9.17) is 18.9 Å². The Morgan fingerprint density at radius 3 is 2.62 bits per heavy atom. The Morgan fingerprint density at radius 1 is 1.38 bits per heavy atom. The monoisotopic (exact) mass is 184 g/mol. The Bertz CT molecular complexity index is 261. The molecule has 0 aromatic rings. The van der Waals surface area contributed by atoms with Crippen LogP contribution >= 0.6 is 0 Å². The third-order valence-corrected chi connectivity index (χ3v) is 3.65. The maximum atomic E-state index is 5.84. The predicted octanol–water partition coefficient (Wildman–Crippen LogP) is -1.47. The van der Waals surface area contributed by atoms with Crippen molar-refractivity contribution in [2.75, 3.05) is 20.8 Å². The van der Waals surface area contributed by atoms with Crippen molar-refractivity contribution in [3.63, 3.8) is 0 Å². The van der Waals surface area contributed by atoms with Gasteiger partial charge in [0.05, 0.1) is 12.6 Å². The van der Waals surface area contributed by atoms with E-state index in [-0.39, 0.29) is 29.4 Å². The van der Waals surface area contributed by atoms with Crippen LogP contribution in [0, 0.1) is 0 Å². The second-order valence-corrected chi connectivity index (χ2v) is 4.07. The normalized spacial score (nSPS) is 62.5. The summed E-state index contributed by atoms with van der Waals surface area (Å²) < 4.78 is 22.2. The SMILES string of the molecule is B[C@@H]1O[C@@]23CO[C@@]2(C3OC)[C@H]1OC. The molecule has 3 fully saturated rings. The first kappa shape index (κ1) is 8.23. The Balaban J connectivity index is 1.93. The standard InChI is InChI=1S/C8H13BO4/c1-10-4-5(9)13-7-3-12-8(4,7)6(7)11-2/h4-6H,3,9H2,1-2H3/t4-,5+,6?,7+,8+/m0/s1. The zero-order valence-electron chi connectivity index (χ0n) is 8.07. The molecule has 5 atom stereocenters. The van der Waals surface area contributed by atoms with Crippen molar-refractivity contribution < 1.29 is 18.9 Å². The van der Waals surface area contributed by atoms with Gasteiger partial charge in [-0.25, -0.2) is 0 Å². The molecule has 0 aromatic carbocycles. The van der Waals surface area contributed by atoms with Crippen LogP contribution in [0.2, 0.25) is 0 Å². The van der Waals surface area contributed by atoms with Gasteiger partial charge in [0.1, 0.15) is 20.1 Å². The molecule has 0 amide bonds. The first-order valence-electron chi connectivity index (χ1n) is 4.60. The van der Waals surface area contributed by atoms with Gasteiger partial charge in [-0.15, -0.1) is 0 Å². The Morgan fingerprint density at radius 2 is 2.15 bits per heavy atom. The predicted molar refractivity (Wildman–Crippen MR) is 46.4 cm³/mol. The van der Waals surface area contributed by atoms with Gasteiger partial charge in [-0.1, -0.05) is 0 Å². The second-order valence-electron chi connectivity index (χ2n) is 4.07. The number of hydrogen-bond acceptors (Lipinski definition) is 4. The van der Waals surface area contributed by atoms with Crippen molar-refractivity contribution >= 4 is 7.85 Å². The molecule has 1 unspecified atom stereocenters. The van der Waals surface area contributed by atoms with E-state index in [1.54, 1.807) is 14.2 Å². The van der Waals surface area contributed by atoms with E-state index in [0.29, 0.717) is 6.61 Å². The molecule has 1 saturated carbocycles. The van der Waals surface area contributed by atoms with E-state index in [1.165, 1.54) is 0 Å². The largest absolute Gasteiger partial charge is 0.376 e. The Hall–Kier alpha value is -0.0951. The number of ether oxygens (including phenoxy) is 4. The van der Waals surface area contributed by atoms with E-state index in [2.05, 4.69) is 0 Å². The Kier molecular flexibility index (Phi) is 1.34. The molecule has 0 N–H and O–H groups in total. The highest BCUT2D eigenvalue weighted by Gasteiger charge is 2.94. The molecule has 3 aliphatic rings. The van der Waals surface area contributed by atoms with Crippen LogP contribution in [0.4, 0.5) is 0 Å². The summed E-state index contributed by atoms with van der Waals surface area (Å²) in [6.45, 7) is 0.649. The highest BCUT2D eigenvalue weighted by atomic mass is 16.7. The summed E-state index contributed by atoms with van der Waals surface area (Å²) in [5, 5.41) is 0. The molecule has 0 bridgehead atoms. The lowest BCUT2D eigenvalue weighted by atomic mass is 9.90. The van der Waals surface area contributed by atoms with Gasteiger partial charge >= 0.3 is 0 Å². The molecule has 0 radical (unpaired) electrons. The van der Waals surface area contributed by atoms with Gasteiger partial charge in [0.2, 0.25) is 0 Å². The molecule has 3 rings (SSSR count). The van der Waals surface area contributed by atoms with E-state index < -0.39 is 0 Å². The highest BCUT2D eigenvalue weighted by Crippen LogP contribution is 2.70. The molecule has 2 saturated heterocycles. The van der Waals surface area contributed by atoms with Gasteiger partial charge < -0.3 is 18.9 Å². The fraction of sp³-hybridized carbons (Fsp3) is 1.00. The molecular formula is C8H13BO4. The summed E-state index contributed by atoms with van der Waals surface area (Å²) in [5.41, 5.74) is -0.461. The van der Waals surface area contributed by atoms with Crippen LogP contribution in [0.5, 0.6) is 0 Å². The van der Waals surface area contributed by atoms with Crippen LogP contribution in [0.1, 0.15) is 0 Å². The lowest BCUT2D eigenvalue weighted by Crippen LogP contribution is -2.48. The minimum Gasteiger partial charge on any atom is -0.376 e. The topological polar surface area (TPSA) is 36.9 Å². The minimum absolute atomic E-state index is 0.0196. The van der Waals surface area contributed by atoms with Crippen molar-refractivity contribution in [3.8, 4) is 0 Å². The lowest BCUT2D eigenvalue weighted by Gasteiger charge is -2.29. The van der Waals surface area contributed by atoms with Crippen molar-refractivity contribution in [1.29, 1.82) is 0 Å². The molecule has 0 spiro atoms. The average Bonchev–Trinajstić information content (AvgIpc) is 2.42. The molecule has 4 nitrogen and oxygen atoms in total. The third kappa shape index (κ3) is 0.579. The van der Waals surface area contributed by atoms with Crippen LogP contribution in [0.3, 0.4) is 0 Å². The molecular weight excluding hydrogens is 171 g/mol. The van der Waals surface area contributed by atoms with Gasteiger partial charge in [-0.3, -0.25) is 0 Å². The summed E-state index contributed by atoms with van der Waals surface area (Å²) in [4.78, 5) is 0. The molecule has 5 heteroatoms. The van der Waals surface area contributed by atoms with Crippen LogP contribution in [-0.2, 0) is 18.9 Å². The van der Waals surface area contributed by atoms with Crippen molar-refractivity contribution in [1.82, 2.24) is 0 Å². The zero-order valence-corrected chi connectivity index (χ0v) is 8.07. The summed E-state index contributed by atoms with van der Waals surface area (Å²) in [6, 6.07) is 0.110. The number of methoxy groups -OCH3 is 2. The smallest absolute Gasteiger partial charge is 0.159 e. The van der Waals surface area contributed by atoms with Gasteiger partial charge in [-0.05, 0) is 0 Å². The van der Waals surface area contributed by atoms with E-state index in [0.717, 1.165) is 0 Å². The summed E-state index contributed by atoms with van der Waals surface area (Å²) >= 11 is 0. The van der Waals surface area contributed by atoms with Crippen LogP contribution < -0.4 is 0 Å². The number of rotatable bonds is 2. The fourth-order valence-corrected chi connectivity index (χ4v) is 3.13. The zero-order chi connectivity index (χ0) is 9.27. The molecule has 1 aliphatic carbocycles. The quantitative estimate of drug-likeness (QED) is 0.491. The summed E-state index contributed by atoms with van der Waals surface area (Å²) in [6.07, 6.45) is 0.0901. The van der Waals surface area contributed by atoms with E-state index in [1.807, 2.05) is 7.85 Å². The average molecular weight is 184 g/mol. The van der Waals surface area contributed by atoms with E-state index >= 15 is 0 Å². The summed E-state index contributed by atoms with van der Waals surface area (Å²) in [7, 11) is 5.41. The van der Waals surface area contributed by atoms with Crippen molar-refractivity contribution in [2.45, 2.75) is 29.4 Å². The molecule has 2 heterocycles. The van der Waals surface area contributed by atoms with Gasteiger partial charge in [-0.2, -0.15) is 0 Å². The van der Waals surface area contributed by atoms with Gasteiger partial charge in [0.25, 0.3) is 0 Å². The third-order valence-electron chi connectivity index (χ3n) is 3.65. The van der Waals surface area contributed by atoms with Crippen molar-refractivity contribution in [3.05, 3.63) is 0 Å². The number of hydrogen-bond donors (Lipinski definition) is 0. The lowest BCUT2D eigenvalue weighted by molar-refractivity contribution is -0.156. The molecule has 2 aliphatic heterocycles. The van der Waals surface area contributed by atoms with Crippen LogP contribution in [0.25, 0.3) is 0 Å². The Labute approximate surface area is 77.9 Å². The second kappa shape index (κ2) is 2.11. The fourth-order valence-electron chi connectivity index (χ4n) is 3.13. The molecule has 72 valence electrons. The first-order chi connectivity index (χ1) is 6.23. The first-order valence-corrected chi connectivity index (χ1v) is 4.60. The van der Waals surface area contributed by atoms with E-state index in [9.17, 15) is 0 Å². The summed E-state index contributed by atoms with van der Waals surface area (Å²) in [5.74, 6) is 0. The molecule has 0 aromatic heterocycles. The maximum absolute atomic E-state index is 5.84. The van der Waals surface area contributed by atoms with Gasteiger partial charge in [0.15, 0.2) is 11.2 Å². The van der Waals surface area contributed by atoms with Crippen LogP contribution in [-0.4, -0.2) is 58.1 Å². The highest BCUT2D eigenvalue weighted by molar-refractivity contribution is 6.12.